The van der Waals surface area contributed by atoms with Gasteiger partial charge in [0.25, 0.3) is 0 Å². The van der Waals surface area contributed by atoms with E-state index in [0.717, 1.165) is 39.0 Å². The number of ether oxygens (including phenoxy) is 1. The Balaban J connectivity index is 1.63. The van der Waals surface area contributed by atoms with Gasteiger partial charge in [-0.1, -0.05) is 6.92 Å². The van der Waals surface area contributed by atoms with Crippen LogP contribution in [0.5, 0.6) is 5.75 Å². The normalized spacial score (nSPS) is 10.7. The Morgan fingerprint density at radius 2 is 1.96 bits per heavy atom. The highest BCUT2D eigenvalue weighted by Gasteiger charge is 2.12. The van der Waals surface area contributed by atoms with E-state index in [1.54, 1.807) is 0 Å². The number of aromatic nitrogens is 2. The molecule has 0 aliphatic heterocycles. The molecule has 3 rings (SSSR count). The molecule has 5 nitrogen and oxygen atoms in total. The second-order valence-electron chi connectivity index (χ2n) is 5.70. The van der Waals surface area contributed by atoms with E-state index in [1.807, 2.05) is 43.5 Å². The number of rotatable bonds is 7. The first-order chi connectivity index (χ1) is 12.6. The van der Waals surface area contributed by atoms with Crippen molar-refractivity contribution in [1.82, 2.24) is 9.97 Å². The molecule has 0 bridgehead atoms. The summed E-state index contributed by atoms with van der Waals surface area (Å²) in [6.45, 7) is 6.69. The molecule has 2 aromatic heterocycles. The Hall–Kier alpha value is -2.25. The number of anilines is 1. The lowest BCUT2D eigenvalue weighted by Crippen LogP contribution is -2.14. The number of amides is 1. The summed E-state index contributed by atoms with van der Waals surface area (Å²) < 4.78 is 5.45. The van der Waals surface area contributed by atoms with Crippen molar-refractivity contribution in [3.05, 3.63) is 45.9 Å². The molecule has 1 amide bonds. The van der Waals surface area contributed by atoms with Gasteiger partial charge >= 0.3 is 0 Å². The number of nitrogens with one attached hydrogen (secondary N) is 1. The summed E-state index contributed by atoms with van der Waals surface area (Å²) >= 11 is 3.05. The lowest BCUT2D eigenvalue weighted by atomic mass is 10.2. The Labute approximate surface area is 161 Å². The van der Waals surface area contributed by atoms with Crippen LogP contribution in [0.25, 0.3) is 10.6 Å². The Morgan fingerprint density at radius 3 is 2.62 bits per heavy atom. The van der Waals surface area contributed by atoms with Crippen LogP contribution >= 0.6 is 22.7 Å². The molecular formula is C19H21N3O2S2. The van der Waals surface area contributed by atoms with E-state index in [-0.39, 0.29) is 12.3 Å². The quantitative estimate of drug-likeness (QED) is 0.637. The van der Waals surface area contributed by atoms with Crippen molar-refractivity contribution in [2.24, 2.45) is 0 Å². The molecule has 0 aliphatic carbocycles. The molecule has 0 atom stereocenters. The molecule has 136 valence electrons. The average Bonchev–Trinajstić information content (AvgIpc) is 3.22. The molecule has 2 heterocycles. The van der Waals surface area contributed by atoms with E-state index in [9.17, 15) is 4.79 Å². The van der Waals surface area contributed by atoms with Gasteiger partial charge < -0.3 is 10.1 Å². The lowest BCUT2D eigenvalue weighted by molar-refractivity contribution is -0.115. The fourth-order valence-corrected chi connectivity index (χ4v) is 4.26. The van der Waals surface area contributed by atoms with Crippen LogP contribution in [-0.2, 0) is 17.6 Å². The van der Waals surface area contributed by atoms with Crippen LogP contribution in [0.3, 0.4) is 0 Å². The number of carbonyl (C=O) groups excluding carboxylic acids is 1. The first-order valence-electron chi connectivity index (χ1n) is 8.52. The zero-order chi connectivity index (χ0) is 18.5. The second kappa shape index (κ2) is 8.42. The van der Waals surface area contributed by atoms with Crippen LogP contribution in [0.4, 0.5) is 5.13 Å². The summed E-state index contributed by atoms with van der Waals surface area (Å²) in [6.07, 6.45) is 1.11. The third-order valence-electron chi connectivity index (χ3n) is 3.78. The largest absolute Gasteiger partial charge is 0.494 e. The minimum absolute atomic E-state index is 0.0926. The molecule has 0 unspecified atom stereocenters. The molecule has 0 fully saturated rings. The maximum absolute atomic E-state index is 12.3. The Kier molecular flexibility index (Phi) is 6.00. The van der Waals surface area contributed by atoms with Crippen molar-refractivity contribution >= 4 is 33.7 Å². The highest BCUT2D eigenvalue weighted by atomic mass is 32.1. The van der Waals surface area contributed by atoms with Crippen molar-refractivity contribution in [1.29, 1.82) is 0 Å². The summed E-state index contributed by atoms with van der Waals surface area (Å²) in [7, 11) is 0. The molecule has 3 aromatic rings. The van der Waals surface area contributed by atoms with Crippen molar-refractivity contribution < 1.29 is 9.53 Å². The van der Waals surface area contributed by atoms with Gasteiger partial charge in [0.15, 0.2) is 5.13 Å². The van der Waals surface area contributed by atoms with Crippen LogP contribution in [0.15, 0.2) is 29.6 Å². The SMILES string of the molecule is CCOc1ccc(-c2nc(CC(=O)Nc3nc(CC)c(C)s3)cs2)cc1. The molecule has 0 spiro atoms. The minimum Gasteiger partial charge on any atom is -0.494 e. The van der Waals surface area contributed by atoms with Crippen molar-refractivity contribution in [3.8, 4) is 16.3 Å². The molecule has 26 heavy (non-hydrogen) atoms. The number of thiazole rings is 2. The first-order valence-corrected chi connectivity index (χ1v) is 10.2. The highest BCUT2D eigenvalue weighted by Crippen LogP contribution is 2.26. The third kappa shape index (κ3) is 4.47. The molecular weight excluding hydrogens is 366 g/mol. The number of benzene rings is 1. The summed E-state index contributed by atoms with van der Waals surface area (Å²) in [5.74, 6) is 0.752. The van der Waals surface area contributed by atoms with E-state index in [1.165, 1.54) is 22.7 Å². The topological polar surface area (TPSA) is 64.1 Å². The molecule has 0 saturated carbocycles. The van der Waals surface area contributed by atoms with Crippen LogP contribution in [0.1, 0.15) is 30.1 Å². The zero-order valence-electron chi connectivity index (χ0n) is 15.0. The average molecular weight is 388 g/mol. The number of hydrogen-bond acceptors (Lipinski definition) is 6. The molecule has 0 radical (unpaired) electrons. The molecule has 1 N–H and O–H groups in total. The van der Waals surface area contributed by atoms with Gasteiger partial charge in [-0.3, -0.25) is 4.79 Å². The predicted molar refractivity (Wildman–Crippen MR) is 107 cm³/mol. The number of nitrogens with zero attached hydrogens (tertiary/aromatic N) is 2. The molecule has 0 aliphatic rings. The molecule has 0 saturated heterocycles. The highest BCUT2D eigenvalue weighted by molar-refractivity contribution is 7.15. The molecule has 1 aromatic carbocycles. The first kappa shape index (κ1) is 18.5. The predicted octanol–water partition coefficient (Wildman–Crippen LogP) is 4.72. The number of hydrogen-bond donors (Lipinski definition) is 1. The van der Waals surface area contributed by atoms with Gasteiger partial charge in [-0.25, -0.2) is 9.97 Å². The van der Waals surface area contributed by atoms with Crippen molar-refractivity contribution in [2.45, 2.75) is 33.6 Å². The molecule has 7 heteroatoms. The third-order valence-corrected chi connectivity index (χ3v) is 5.65. The second-order valence-corrected chi connectivity index (χ2v) is 7.76. The van der Waals surface area contributed by atoms with Gasteiger partial charge in [0.1, 0.15) is 10.8 Å². The zero-order valence-corrected chi connectivity index (χ0v) is 16.7. The van der Waals surface area contributed by atoms with E-state index in [2.05, 4.69) is 22.2 Å². The van der Waals surface area contributed by atoms with E-state index < -0.39 is 0 Å². The maximum Gasteiger partial charge on any atom is 0.232 e. The smallest absolute Gasteiger partial charge is 0.232 e. The van der Waals surface area contributed by atoms with Gasteiger partial charge in [0, 0.05) is 15.8 Å². The summed E-state index contributed by atoms with van der Waals surface area (Å²) in [6, 6.07) is 7.84. The number of carbonyl (C=O) groups is 1. The van der Waals surface area contributed by atoms with Gasteiger partial charge in [0.05, 0.1) is 24.4 Å². The summed E-state index contributed by atoms with van der Waals surface area (Å²) in [5.41, 5.74) is 2.82. The van der Waals surface area contributed by atoms with Gasteiger partial charge in [0.2, 0.25) is 5.91 Å². The minimum atomic E-state index is -0.0926. The summed E-state index contributed by atoms with van der Waals surface area (Å²) in [5, 5.41) is 6.36. The van der Waals surface area contributed by atoms with Crippen LogP contribution < -0.4 is 10.1 Å². The van der Waals surface area contributed by atoms with E-state index in [0.29, 0.717) is 11.7 Å². The van der Waals surface area contributed by atoms with Crippen LogP contribution in [0.2, 0.25) is 0 Å². The van der Waals surface area contributed by atoms with Gasteiger partial charge in [-0.05, 0) is 44.5 Å². The van der Waals surface area contributed by atoms with Crippen molar-refractivity contribution in [3.63, 3.8) is 0 Å². The van der Waals surface area contributed by atoms with Crippen LogP contribution in [-0.4, -0.2) is 22.5 Å². The number of aryl methyl sites for hydroxylation is 2. The fourth-order valence-electron chi connectivity index (χ4n) is 2.52. The summed E-state index contributed by atoms with van der Waals surface area (Å²) in [4.78, 5) is 22.4. The van der Waals surface area contributed by atoms with Gasteiger partial charge in [-0.2, -0.15) is 0 Å². The Morgan fingerprint density at radius 1 is 1.19 bits per heavy atom. The fraction of sp³-hybridized carbons (Fsp3) is 0.316. The van der Waals surface area contributed by atoms with E-state index in [4.69, 9.17) is 4.74 Å². The van der Waals surface area contributed by atoms with E-state index >= 15 is 0 Å². The monoisotopic (exact) mass is 387 g/mol. The standard InChI is InChI=1S/C19H21N3O2S2/c1-4-16-12(3)26-19(21-16)22-17(23)10-14-11-25-18(20-14)13-6-8-15(9-7-13)24-5-2/h6-9,11H,4-5,10H2,1-3H3,(H,21,22,23). The van der Waals surface area contributed by atoms with Gasteiger partial charge in [-0.15, -0.1) is 22.7 Å². The van der Waals surface area contributed by atoms with Crippen molar-refractivity contribution in [2.75, 3.05) is 11.9 Å². The lowest BCUT2D eigenvalue weighted by Gasteiger charge is -2.03. The maximum atomic E-state index is 12.3. The Bertz CT molecular complexity index is 885. The van der Waals surface area contributed by atoms with Crippen LogP contribution in [0, 0.1) is 6.92 Å².